The number of rotatable bonds is 3. The third-order valence-corrected chi connectivity index (χ3v) is 2.40. The summed E-state index contributed by atoms with van der Waals surface area (Å²) in [4.78, 5) is 29.4. The van der Waals surface area contributed by atoms with Crippen molar-refractivity contribution >= 4 is 22.8 Å². The molecule has 1 heterocycles. The molecule has 1 aromatic heterocycles. The van der Waals surface area contributed by atoms with Crippen molar-refractivity contribution in [3.63, 3.8) is 0 Å². The van der Waals surface area contributed by atoms with Crippen LogP contribution in [0.4, 0.5) is 0 Å². The Morgan fingerprint density at radius 3 is 2.73 bits per heavy atom. The minimum atomic E-state index is -1.12. The lowest BCUT2D eigenvalue weighted by molar-refractivity contribution is -0.109. The van der Waals surface area contributed by atoms with Crippen LogP contribution in [0.3, 0.4) is 0 Å². The first-order valence-corrected chi connectivity index (χ1v) is 5.18. The number of aromatic nitrogens is 2. The summed E-state index contributed by atoms with van der Waals surface area (Å²) in [7, 11) is 0. The van der Waals surface area contributed by atoms with Gasteiger partial charge in [0.1, 0.15) is 0 Å². The summed E-state index contributed by atoms with van der Waals surface area (Å²) in [6.07, 6.45) is 1.39. The van der Waals surface area contributed by atoms with Gasteiger partial charge in [-0.3, -0.25) is 9.78 Å². The number of carboxylic acids is 1. The highest BCUT2D eigenvalue weighted by Crippen LogP contribution is 2.14. The van der Waals surface area contributed by atoms with Crippen molar-refractivity contribution in [1.29, 1.82) is 0 Å². The molecule has 0 bridgehead atoms. The Balaban J connectivity index is 2.96. The summed E-state index contributed by atoms with van der Waals surface area (Å²) in [6.45, 7) is 3.15. The van der Waals surface area contributed by atoms with Crippen LogP contribution in [0, 0.1) is 6.92 Å². The normalized spacial score (nSPS) is 10.0. The highest BCUT2D eigenvalue weighted by atomic mass is 32.2. The first kappa shape index (κ1) is 11.6. The van der Waals surface area contributed by atoms with Crippen LogP contribution >= 0.6 is 11.8 Å². The number of hydrogen-bond acceptors (Lipinski definition) is 5. The van der Waals surface area contributed by atoms with Crippen LogP contribution in [0.2, 0.25) is 0 Å². The third kappa shape index (κ3) is 3.32. The molecule has 0 atom stereocenters. The molecule has 0 spiro atoms. The number of nitrogens with zero attached hydrogens (tertiary/aromatic N) is 2. The molecule has 0 aliphatic heterocycles. The van der Waals surface area contributed by atoms with Crippen LogP contribution in [0.1, 0.15) is 28.8 Å². The van der Waals surface area contributed by atoms with Gasteiger partial charge in [-0.05, 0) is 6.92 Å². The average molecular weight is 226 g/mol. The second-order valence-electron chi connectivity index (χ2n) is 2.89. The van der Waals surface area contributed by atoms with Crippen molar-refractivity contribution in [2.24, 2.45) is 0 Å². The molecule has 1 N–H and O–H groups in total. The monoisotopic (exact) mass is 226 g/mol. The fourth-order valence-corrected chi connectivity index (χ4v) is 1.52. The van der Waals surface area contributed by atoms with E-state index in [9.17, 15) is 9.59 Å². The van der Waals surface area contributed by atoms with E-state index in [0.717, 1.165) is 11.8 Å². The van der Waals surface area contributed by atoms with E-state index in [-0.39, 0.29) is 16.6 Å². The second kappa shape index (κ2) is 4.88. The van der Waals surface area contributed by atoms with Gasteiger partial charge in [0.25, 0.3) is 0 Å². The maximum atomic E-state index is 10.8. The molecule has 0 aliphatic rings. The van der Waals surface area contributed by atoms with E-state index in [1.165, 1.54) is 13.1 Å². The Morgan fingerprint density at radius 2 is 2.20 bits per heavy atom. The third-order valence-electron chi connectivity index (χ3n) is 1.58. The topological polar surface area (TPSA) is 80.2 Å². The van der Waals surface area contributed by atoms with Crippen LogP contribution < -0.4 is 0 Å². The van der Waals surface area contributed by atoms with Gasteiger partial charge in [-0.2, -0.15) is 0 Å². The number of aryl methyl sites for hydroxylation is 1. The number of carboxylic acid groups (broad SMARTS) is 1. The summed E-state index contributed by atoms with van der Waals surface area (Å²) in [5, 5.41) is 8.75. The molecule has 5 nitrogen and oxygen atoms in total. The number of aromatic carboxylic acids is 1. The SMILES string of the molecule is CC(=O)SCc1nc(C)cnc1C(=O)O. The highest BCUT2D eigenvalue weighted by Gasteiger charge is 2.14. The zero-order valence-electron chi connectivity index (χ0n) is 8.35. The zero-order valence-corrected chi connectivity index (χ0v) is 9.17. The molecule has 1 rings (SSSR count). The Hall–Kier alpha value is -1.43. The predicted molar refractivity (Wildman–Crippen MR) is 55.7 cm³/mol. The molecular weight excluding hydrogens is 216 g/mol. The largest absolute Gasteiger partial charge is 0.476 e. The number of thioether (sulfide) groups is 1. The molecule has 0 aromatic carbocycles. The lowest BCUT2D eigenvalue weighted by Gasteiger charge is -2.03. The van der Waals surface area contributed by atoms with E-state index in [4.69, 9.17) is 5.11 Å². The Labute approximate surface area is 90.9 Å². The minimum Gasteiger partial charge on any atom is -0.476 e. The highest BCUT2D eigenvalue weighted by molar-refractivity contribution is 8.12. The summed E-state index contributed by atoms with van der Waals surface area (Å²) >= 11 is 1.02. The van der Waals surface area contributed by atoms with Crippen LogP contribution in [0.15, 0.2) is 6.20 Å². The molecule has 0 fully saturated rings. The number of hydrogen-bond donors (Lipinski definition) is 1. The van der Waals surface area contributed by atoms with Gasteiger partial charge in [0.15, 0.2) is 10.8 Å². The standard InChI is InChI=1S/C9H10N2O3S/c1-5-3-10-8(9(13)14)7(11-5)4-15-6(2)12/h3H,4H2,1-2H3,(H,13,14). The van der Waals surface area contributed by atoms with E-state index in [2.05, 4.69) is 9.97 Å². The maximum Gasteiger partial charge on any atom is 0.356 e. The lowest BCUT2D eigenvalue weighted by Crippen LogP contribution is -2.08. The fourth-order valence-electron chi connectivity index (χ4n) is 0.976. The lowest BCUT2D eigenvalue weighted by atomic mass is 10.3. The van der Waals surface area contributed by atoms with E-state index < -0.39 is 5.97 Å². The number of carbonyl (C=O) groups excluding carboxylic acids is 1. The van der Waals surface area contributed by atoms with Crippen LogP contribution in [0.25, 0.3) is 0 Å². The van der Waals surface area contributed by atoms with Gasteiger partial charge in [-0.1, -0.05) is 11.8 Å². The second-order valence-corrected chi connectivity index (χ2v) is 4.04. The quantitative estimate of drug-likeness (QED) is 0.835. The van der Waals surface area contributed by atoms with E-state index in [1.54, 1.807) is 6.92 Å². The van der Waals surface area contributed by atoms with Gasteiger partial charge in [0.2, 0.25) is 0 Å². The van der Waals surface area contributed by atoms with Gasteiger partial charge >= 0.3 is 5.97 Å². The van der Waals surface area contributed by atoms with Gasteiger partial charge in [0.05, 0.1) is 11.4 Å². The Bertz CT molecular complexity index is 406. The van der Waals surface area contributed by atoms with Gasteiger partial charge in [-0.25, -0.2) is 9.78 Å². The van der Waals surface area contributed by atoms with Crippen LogP contribution in [-0.4, -0.2) is 26.2 Å². The van der Waals surface area contributed by atoms with Crippen molar-refractivity contribution in [2.75, 3.05) is 0 Å². The van der Waals surface area contributed by atoms with E-state index >= 15 is 0 Å². The molecule has 6 heteroatoms. The molecule has 1 aromatic rings. The average Bonchev–Trinajstić information content (AvgIpc) is 2.14. The maximum absolute atomic E-state index is 10.8. The summed E-state index contributed by atoms with van der Waals surface area (Å²) in [5.41, 5.74) is 0.885. The molecule has 0 saturated heterocycles. The van der Waals surface area contributed by atoms with Gasteiger partial charge in [0, 0.05) is 18.9 Å². The minimum absolute atomic E-state index is 0.0744. The summed E-state index contributed by atoms with van der Waals surface area (Å²) in [6, 6.07) is 0. The number of carbonyl (C=O) groups is 2. The fraction of sp³-hybridized carbons (Fsp3) is 0.333. The van der Waals surface area contributed by atoms with Crippen LogP contribution in [0.5, 0.6) is 0 Å². The Kier molecular flexibility index (Phi) is 3.79. The molecule has 0 amide bonds. The summed E-state index contributed by atoms with van der Waals surface area (Å²) in [5.74, 6) is -0.882. The Morgan fingerprint density at radius 1 is 1.53 bits per heavy atom. The van der Waals surface area contributed by atoms with Crippen LogP contribution in [-0.2, 0) is 10.5 Å². The van der Waals surface area contributed by atoms with Gasteiger partial charge in [-0.15, -0.1) is 0 Å². The van der Waals surface area contributed by atoms with Crippen molar-refractivity contribution in [3.05, 3.63) is 23.3 Å². The van der Waals surface area contributed by atoms with E-state index in [1.807, 2.05) is 0 Å². The molecule has 15 heavy (non-hydrogen) atoms. The first-order chi connectivity index (χ1) is 7.00. The predicted octanol–water partition coefficient (Wildman–Crippen LogP) is 1.26. The smallest absolute Gasteiger partial charge is 0.356 e. The first-order valence-electron chi connectivity index (χ1n) is 4.20. The van der Waals surface area contributed by atoms with E-state index in [0.29, 0.717) is 11.4 Å². The molecule has 0 radical (unpaired) electrons. The van der Waals surface area contributed by atoms with Crippen molar-refractivity contribution in [1.82, 2.24) is 9.97 Å². The van der Waals surface area contributed by atoms with Crippen molar-refractivity contribution in [3.8, 4) is 0 Å². The molecular formula is C9H10N2O3S. The van der Waals surface area contributed by atoms with Crippen molar-refractivity contribution in [2.45, 2.75) is 19.6 Å². The molecule has 0 saturated carbocycles. The molecule has 80 valence electrons. The summed E-state index contributed by atoms with van der Waals surface area (Å²) < 4.78 is 0. The van der Waals surface area contributed by atoms with Gasteiger partial charge < -0.3 is 5.11 Å². The zero-order chi connectivity index (χ0) is 11.4. The van der Waals surface area contributed by atoms with Crippen molar-refractivity contribution < 1.29 is 14.7 Å². The molecule has 0 aliphatic carbocycles. The molecule has 0 unspecified atom stereocenters.